The quantitative estimate of drug-likeness (QED) is 0.555. The van der Waals surface area contributed by atoms with Crippen molar-refractivity contribution in [1.82, 2.24) is 14.5 Å². The number of thiophene rings is 1. The normalized spacial score (nSPS) is 11.3. The lowest BCUT2D eigenvalue weighted by Crippen LogP contribution is -2.12. The third-order valence-corrected chi connectivity index (χ3v) is 5.74. The van der Waals surface area contributed by atoms with Crippen molar-refractivity contribution in [3.05, 3.63) is 57.6 Å². The molecular formula is C19H18N4O3S. The molecule has 27 heavy (non-hydrogen) atoms. The molecule has 3 heterocycles. The number of rotatable bonds is 5. The van der Waals surface area contributed by atoms with Gasteiger partial charge in [0.1, 0.15) is 4.83 Å². The van der Waals surface area contributed by atoms with E-state index in [1.165, 1.54) is 17.7 Å². The largest absolute Gasteiger partial charge is 0.383 e. The number of hydrogen-bond donors (Lipinski definition) is 2. The van der Waals surface area contributed by atoms with E-state index in [-0.39, 0.29) is 11.5 Å². The Hall–Kier alpha value is -2.97. The molecule has 138 valence electrons. The average molecular weight is 382 g/mol. The maximum absolute atomic E-state index is 12.9. The summed E-state index contributed by atoms with van der Waals surface area (Å²) in [6.45, 7) is 3.12. The van der Waals surface area contributed by atoms with E-state index in [1.807, 2.05) is 30.5 Å². The summed E-state index contributed by atoms with van der Waals surface area (Å²) in [7, 11) is 1.67. The number of anilines is 1. The van der Waals surface area contributed by atoms with Crippen molar-refractivity contribution in [3.63, 3.8) is 0 Å². The molecule has 1 aromatic carbocycles. The number of amides is 1. The lowest BCUT2D eigenvalue weighted by molar-refractivity contribution is 0.103. The van der Waals surface area contributed by atoms with Gasteiger partial charge in [-0.05, 0) is 30.7 Å². The fraction of sp³-hybridized carbons (Fsp3) is 0.211. The summed E-state index contributed by atoms with van der Waals surface area (Å²) < 4.78 is 7.23. The van der Waals surface area contributed by atoms with E-state index in [4.69, 9.17) is 4.74 Å². The van der Waals surface area contributed by atoms with Gasteiger partial charge in [-0.15, -0.1) is 11.3 Å². The van der Waals surface area contributed by atoms with E-state index in [9.17, 15) is 9.59 Å². The van der Waals surface area contributed by atoms with Crippen molar-refractivity contribution in [2.45, 2.75) is 13.5 Å². The van der Waals surface area contributed by atoms with Gasteiger partial charge in [0.2, 0.25) is 0 Å². The van der Waals surface area contributed by atoms with Crippen LogP contribution in [0.15, 0.2) is 41.6 Å². The van der Waals surface area contributed by atoms with Gasteiger partial charge in [-0.25, -0.2) is 4.98 Å². The minimum absolute atomic E-state index is 0.231. The number of methoxy groups -OCH3 is 1. The number of benzene rings is 1. The summed E-state index contributed by atoms with van der Waals surface area (Å²) in [4.78, 5) is 32.7. The van der Waals surface area contributed by atoms with Crippen molar-refractivity contribution in [2.75, 3.05) is 19.0 Å². The number of H-pyrrole nitrogens is 1. The van der Waals surface area contributed by atoms with Crippen LogP contribution in [0.25, 0.3) is 21.1 Å². The fourth-order valence-corrected chi connectivity index (χ4v) is 4.24. The van der Waals surface area contributed by atoms with Crippen LogP contribution in [-0.2, 0) is 11.3 Å². The second kappa shape index (κ2) is 6.98. The van der Waals surface area contributed by atoms with Crippen molar-refractivity contribution < 1.29 is 9.53 Å². The first-order valence-corrected chi connectivity index (χ1v) is 9.26. The molecule has 2 N–H and O–H groups in total. The third-order valence-electron chi connectivity index (χ3n) is 4.54. The highest BCUT2D eigenvalue weighted by Gasteiger charge is 2.19. The summed E-state index contributed by atoms with van der Waals surface area (Å²) in [5.74, 6) is -0.243. The van der Waals surface area contributed by atoms with E-state index >= 15 is 0 Å². The minimum atomic E-state index is -0.243. The van der Waals surface area contributed by atoms with Gasteiger partial charge < -0.3 is 19.6 Å². The maximum Gasteiger partial charge on any atom is 0.266 e. The molecule has 0 saturated carbocycles. The van der Waals surface area contributed by atoms with E-state index < -0.39 is 0 Å². The zero-order chi connectivity index (χ0) is 19.0. The minimum Gasteiger partial charge on any atom is -0.383 e. The van der Waals surface area contributed by atoms with Gasteiger partial charge >= 0.3 is 0 Å². The molecule has 0 aliphatic rings. The van der Waals surface area contributed by atoms with Crippen molar-refractivity contribution in [1.29, 1.82) is 0 Å². The zero-order valence-electron chi connectivity index (χ0n) is 14.9. The van der Waals surface area contributed by atoms with Crippen molar-refractivity contribution in [3.8, 4) is 0 Å². The number of aromatic amines is 1. The Labute approximate surface area is 158 Å². The Bertz CT molecular complexity index is 1200. The monoisotopic (exact) mass is 382 g/mol. The van der Waals surface area contributed by atoms with Gasteiger partial charge in [-0.1, -0.05) is 6.07 Å². The van der Waals surface area contributed by atoms with Crippen molar-refractivity contribution >= 4 is 44.1 Å². The highest BCUT2D eigenvalue weighted by molar-refractivity contribution is 7.20. The number of hydrogen-bond acceptors (Lipinski definition) is 5. The first-order valence-electron chi connectivity index (χ1n) is 8.45. The summed E-state index contributed by atoms with van der Waals surface area (Å²) in [5, 5.41) is 4.40. The van der Waals surface area contributed by atoms with Crippen LogP contribution >= 0.6 is 11.3 Å². The molecule has 4 rings (SSSR count). The molecule has 0 atom stereocenters. The van der Waals surface area contributed by atoms with E-state index in [1.54, 1.807) is 14.0 Å². The molecule has 0 saturated heterocycles. The van der Waals surface area contributed by atoms with Crippen LogP contribution in [0.3, 0.4) is 0 Å². The summed E-state index contributed by atoms with van der Waals surface area (Å²) in [6.07, 6.45) is 3.33. The number of ether oxygens (including phenoxy) is 1. The molecule has 0 unspecified atom stereocenters. The Morgan fingerprint density at radius 2 is 2.22 bits per heavy atom. The fourth-order valence-electron chi connectivity index (χ4n) is 3.19. The molecule has 0 radical (unpaired) electrons. The predicted octanol–water partition coefficient (Wildman–Crippen LogP) is 3.15. The smallest absolute Gasteiger partial charge is 0.266 e. The number of aryl methyl sites for hydroxylation is 1. The van der Waals surface area contributed by atoms with Gasteiger partial charge in [-0.3, -0.25) is 9.59 Å². The molecule has 1 amide bonds. The first-order chi connectivity index (χ1) is 13.1. The predicted molar refractivity (Wildman–Crippen MR) is 107 cm³/mol. The Balaban J connectivity index is 1.69. The van der Waals surface area contributed by atoms with Gasteiger partial charge in [0.25, 0.3) is 11.5 Å². The maximum atomic E-state index is 12.9. The average Bonchev–Trinajstić information content (AvgIpc) is 3.23. The molecular weight excluding hydrogens is 364 g/mol. The Morgan fingerprint density at radius 1 is 1.37 bits per heavy atom. The number of carbonyl (C=O) groups is 1. The highest BCUT2D eigenvalue weighted by Crippen LogP contribution is 2.29. The van der Waals surface area contributed by atoms with Crippen molar-refractivity contribution in [2.24, 2.45) is 0 Å². The molecule has 0 aliphatic carbocycles. The summed E-state index contributed by atoms with van der Waals surface area (Å²) in [5.41, 5.74) is 2.17. The Morgan fingerprint density at radius 3 is 3.00 bits per heavy atom. The van der Waals surface area contributed by atoms with E-state index in [0.717, 1.165) is 23.1 Å². The summed E-state index contributed by atoms with van der Waals surface area (Å²) >= 11 is 1.22. The van der Waals surface area contributed by atoms with Gasteiger partial charge in [-0.2, -0.15) is 0 Å². The highest BCUT2D eigenvalue weighted by atomic mass is 32.1. The van der Waals surface area contributed by atoms with Crippen LogP contribution in [-0.4, -0.2) is 34.2 Å². The van der Waals surface area contributed by atoms with Crippen LogP contribution in [0.2, 0.25) is 0 Å². The first kappa shape index (κ1) is 17.4. The number of carbonyl (C=O) groups excluding carboxylic acids is 1. The number of nitrogens with zero attached hydrogens (tertiary/aromatic N) is 2. The topological polar surface area (TPSA) is 89.0 Å². The van der Waals surface area contributed by atoms with Crippen LogP contribution in [0, 0.1) is 6.92 Å². The van der Waals surface area contributed by atoms with Crippen LogP contribution in [0.5, 0.6) is 0 Å². The third kappa shape index (κ3) is 3.02. The molecule has 0 spiro atoms. The van der Waals surface area contributed by atoms with Crippen LogP contribution < -0.4 is 10.9 Å². The Kier molecular flexibility index (Phi) is 4.51. The molecule has 0 fully saturated rings. The molecule has 8 heteroatoms. The van der Waals surface area contributed by atoms with Crippen LogP contribution in [0.1, 0.15) is 15.2 Å². The number of fused-ring (bicyclic) bond motifs is 2. The SMILES string of the molecule is COCCn1ccc2c(NC(=O)c3sc4nc[nH]c(=O)c4c3C)cccc21. The number of aromatic nitrogens is 3. The van der Waals surface area contributed by atoms with E-state index in [0.29, 0.717) is 27.3 Å². The molecule has 0 bridgehead atoms. The molecule has 3 aromatic heterocycles. The second-order valence-corrected chi connectivity index (χ2v) is 7.16. The second-order valence-electron chi connectivity index (χ2n) is 6.16. The standard InChI is InChI=1S/C19H18N4O3S/c1-11-15-17(24)20-10-21-19(15)27-16(11)18(25)22-13-4-3-5-14-12(13)6-7-23(14)8-9-26-2/h3-7,10H,8-9H2,1-2H3,(H,22,25)(H,20,21,24). The lowest BCUT2D eigenvalue weighted by Gasteiger charge is -2.08. The van der Waals surface area contributed by atoms with E-state index in [2.05, 4.69) is 19.9 Å². The molecule has 4 aromatic rings. The zero-order valence-corrected chi connectivity index (χ0v) is 15.7. The number of nitrogens with one attached hydrogen (secondary N) is 2. The van der Waals surface area contributed by atoms with Gasteiger partial charge in [0, 0.05) is 25.2 Å². The van der Waals surface area contributed by atoms with Gasteiger partial charge in [0.15, 0.2) is 0 Å². The lowest BCUT2D eigenvalue weighted by atomic mass is 10.2. The van der Waals surface area contributed by atoms with Crippen LogP contribution in [0.4, 0.5) is 5.69 Å². The van der Waals surface area contributed by atoms with Gasteiger partial charge in [0.05, 0.1) is 34.4 Å². The molecule has 0 aliphatic heterocycles. The summed E-state index contributed by atoms with van der Waals surface area (Å²) in [6, 6.07) is 7.76. The molecule has 7 nitrogen and oxygen atoms in total.